The van der Waals surface area contributed by atoms with Crippen LogP contribution in [0.25, 0.3) is 0 Å². The Bertz CT molecular complexity index is 516. The van der Waals surface area contributed by atoms with Crippen LogP contribution in [-0.2, 0) is 13.0 Å². The van der Waals surface area contributed by atoms with Gasteiger partial charge in [0.1, 0.15) is 0 Å². The van der Waals surface area contributed by atoms with Crippen LogP contribution in [0.15, 0.2) is 41.5 Å². The molecule has 94 valence electrons. The number of benzene rings is 1. The zero-order valence-corrected chi connectivity index (χ0v) is 10.4. The third-order valence-corrected chi connectivity index (χ3v) is 2.59. The van der Waals surface area contributed by atoms with E-state index in [1.807, 2.05) is 18.2 Å². The van der Waals surface area contributed by atoms with E-state index in [0.29, 0.717) is 12.5 Å². The van der Waals surface area contributed by atoms with Crippen molar-refractivity contribution in [2.75, 3.05) is 5.32 Å². The molecule has 18 heavy (non-hydrogen) atoms. The summed E-state index contributed by atoms with van der Waals surface area (Å²) in [6.45, 7) is 2.61. The summed E-state index contributed by atoms with van der Waals surface area (Å²) < 4.78 is 0. The van der Waals surface area contributed by atoms with Crippen LogP contribution in [0, 0.1) is 0 Å². The predicted octanol–water partition coefficient (Wildman–Crippen LogP) is 1.90. The molecule has 0 spiro atoms. The Balaban J connectivity index is 1.97. The summed E-state index contributed by atoms with van der Waals surface area (Å²) in [7, 11) is 0. The van der Waals surface area contributed by atoms with Crippen LogP contribution >= 0.6 is 0 Å². The van der Waals surface area contributed by atoms with Gasteiger partial charge in [0, 0.05) is 11.9 Å². The maximum Gasteiger partial charge on any atom is 0.193 e. The third-order valence-electron chi connectivity index (χ3n) is 2.59. The van der Waals surface area contributed by atoms with Crippen molar-refractivity contribution in [3.8, 4) is 0 Å². The van der Waals surface area contributed by atoms with Gasteiger partial charge >= 0.3 is 0 Å². The number of nitrogens with two attached hydrogens (primary N) is 1. The lowest BCUT2D eigenvalue weighted by Gasteiger charge is -2.06. The molecule has 0 fully saturated rings. The van der Waals surface area contributed by atoms with Gasteiger partial charge < -0.3 is 11.1 Å². The van der Waals surface area contributed by atoms with Gasteiger partial charge in [-0.3, -0.25) is 5.10 Å². The van der Waals surface area contributed by atoms with Gasteiger partial charge in [0.25, 0.3) is 0 Å². The minimum absolute atomic E-state index is 0.401. The van der Waals surface area contributed by atoms with Crippen molar-refractivity contribution < 1.29 is 0 Å². The first kappa shape index (κ1) is 12.2. The van der Waals surface area contributed by atoms with E-state index in [2.05, 4.69) is 39.6 Å². The fraction of sp³-hybridized carbons (Fsp3) is 0.231. The van der Waals surface area contributed by atoms with Crippen LogP contribution in [0.1, 0.15) is 18.2 Å². The molecule has 4 N–H and O–H groups in total. The van der Waals surface area contributed by atoms with Crippen molar-refractivity contribution in [3.05, 3.63) is 47.8 Å². The van der Waals surface area contributed by atoms with Gasteiger partial charge in [-0.05, 0) is 30.2 Å². The Labute approximate surface area is 106 Å². The van der Waals surface area contributed by atoms with Gasteiger partial charge in [0.15, 0.2) is 5.96 Å². The van der Waals surface area contributed by atoms with E-state index in [4.69, 9.17) is 5.73 Å². The minimum atomic E-state index is 0.401. The molecular formula is C13H17N5. The van der Waals surface area contributed by atoms with Gasteiger partial charge in [-0.1, -0.05) is 19.1 Å². The molecule has 1 aromatic heterocycles. The van der Waals surface area contributed by atoms with E-state index in [-0.39, 0.29) is 0 Å². The second kappa shape index (κ2) is 5.86. The Morgan fingerprint density at radius 3 is 3.06 bits per heavy atom. The number of aromatic amines is 1. The van der Waals surface area contributed by atoms with E-state index >= 15 is 0 Å². The number of rotatable bonds is 4. The van der Waals surface area contributed by atoms with Gasteiger partial charge in [0.05, 0.1) is 12.2 Å². The highest BCUT2D eigenvalue weighted by atomic mass is 15.1. The van der Waals surface area contributed by atoms with Gasteiger partial charge in [0.2, 0.25) is 0 Å². The molecule has 0 saturated heterocycles. The highest BCUT2D eigenvalue weighted by Gasteiger charge is 1.97. The molecule has 0 bridgehead atoms. The maximum atomic E-state index is 5.82. The number of H-pyrrole nitrogens is 1. The lowest BCUT2D eigenvalue weighted by Crippen LogP contribution is -2.22. The monoisotopic (exact) mass is 243 g/mol. The Hall–Kier alpha value is -2.30. The number of guanidine groups is 1. The fourth-order valence-electron chi connectivity index (χ4n) is 1.60. The molecule has 0 saturated carbocycles. The number of aliphatic imine (C=N–C) groups is 1. The van der Waals surface area contributed by atoms with Crippen molar-refractivity contribution >= 4 is 11.6 Å². The van der Waals surface area contributed by atoms with Crippen LogP contribution in [0.3, 0.4) is 0 Å². The third kappa shape index (κ3) is 3.35. The van der Waals surface area contributed by atoms with Crippen LogP contribution < -0.4 is 11.1 Å². The van der Waals surface area contributed by atoms with E-state index in [0.717, 1.165) is 17.8 Å². The first-order chi connectivity index (χ1) is 8.78. The number of aryl methyl sites for hydroxylation is 1. The van der Waals surface area contributed by atoms with Crippen molar-refractivity contribution in [1.82, 2.24) is 10.2 Å². The molecule has 5 heteroatoms. The van der Waals surface area contributed by atoms with Crippen molar-refractivity contribution in [3.63, 3.8) is 0 Å². The minimum Gasteiger partial charge on any atom is -0.370 e. The largest absolute Gasteiger partial charge is 0.370 e. The van der Waals surface area contributed by atoms with Gasteiger partial charge in [-0.25, -0.2) is 4.99 Å². The van der Waals surface area contributed by atoms with Crippen molar-refractivity contribution in [1.29, 1.82) is 0 Å². The molecule has 5 nitrogen and oxygen atoms in total. The highest BCUT2D eigenvalue weighted by Crippen LogP contribution is 2.10. The number of nitrogens with zero attached hydrogens (tertiary/aromatic N) is 2. The smallest absolute Gasteiger partial charge is 0.193 e. The van der Waals surface area contributed by atoms with Crippen LogP contribution in [-0.4, -0.2) is 16.2 Å². The lowest BCUT2D eigenvalue weighted by molar-refractivity contribution is 0.944. The summed E-state index contributed by atoms with van der Waals surface area (Å²) in [5.41, 5.74) is 8.97. The van der Waals surface area contributed by atoms with Crippen LogP contribution in [0.2, 0.25) is 0 Å². The summed E-state index contributed by atoms with van der Waals surface area (Å²) in [6, 6.07) is 10.00. The molecule has 0 radical (unpaired) electrons. The standard InChI is InChI=1S/C13H17N5/c1-2-10-4-3-5-11(8-10)17-13(14)15-9-12-6-7-16-18-12/h3-8H,2,9H2,1H3,(H,16,18)(H3,14,15,17). The SMILES string of the molecule is CCc1cccc(NC(N)=NCc2ccn[nH]2)c1. The Morgan fingerprint density at radius 2 is 2.33 bits per heavy atom. The first-order valence-electron chi connectivity index (χ1n) is 5.92. The number of hydrogen-bond donors (Lipinski definition) is 3. The summed E-state index contributed by atoms with van der Waals surface area (Å²) in [6.07, 6.45) is 2.69. The Kier molecular flexibility index (Phi) is 3.96. The normalized spacial score (nSPS) is 11.5. The zero-order valence-electron chi connectivity index (χ0n) is 10.4. The van der Waals surface area contributed by atoms with Crippen molar-refractivity contribution in [2.45, 2.75) is 19.9 Å². The number of nitrogens with one attached hydrogen (secondary N) is 2. The van der Waals surface area contributed by atoms with Crippen LogP contribution in [0.5, 0.6) is 0 Å². The topological polar surface area (TPSA) is 79.1 Å². The lowest BCUT2D eigenvalue weighted by atomic mass is 10.1. The number of hydrogen-bond acceptors (Lipinski definition) is 2. The average Bonchev–Trinajstić information content (AvgIpc) is 2.90. The van der Waals surface area contributed by atoms with E-state index in [9.17, 15) is 0 Å². The predicted molar refractivity (Wildman–Crippen MR) is 73.4 cm³/mol. The zero-order chi connectivity index (χ0) is 12.8. The van der Waals surface area contributed by atoms with E-state index in [1.165, 1.54) is 5.56 Å². The average molecular weight is 243 g/mol. The summed E-state index contributed by atoms with van der Waals surface area (Å²) in [4.78, 5) is 4.23. The summed E-state index contributed by atoms with van der Waals surface area (Å²) >= 11 is 0. The molecule has 0 amide bonds. The molecule has 2 aromatic rings. The van der Waals surface area contributed by atoms with Gasteiger partial charge in [-0.2, -0.15) is 5.10 Å². The molecule has 0 aliphatic carbocycles. The quantitative estimate of drug-likeness (QED) is 0.567. The second-order valence-electron chi connectivity index (χ2n) is 3.96. The van der Waals surface area contributed by atoms with Crippen molar-refractivity contribution in [2.24, 2.45) is 10.7 Å². The second-order valence-corrected chi connectivity index (χ2v) is 3.96. The van der Waals surface area contributed by atoms with Crippen LogP contribution in [0.4, 0.5) is 5.69 Å². The fourth-order valence-corrected chi connectivity index (χ4v) is 1.60. The molecule has 2 rings (SSSR count). The molecule has 0 atom stereocenters. The Morgan fingerprint density at radius 1 is 1.44 bits per heavy atom. The molecule has 1 aromatic carbocycles. The summed E-state index contributed by atoms with van der Waals surface area (Å²) in [5, 5.41) is 9.76. The molecule has 0 aliphatic rings. The number of aromatic nitrogens is 2. The molecular weight excluding hydrogens is 226 g/mol. The maximum absolute atomic E-state index is 5.82. The number of anilines is 1. The summed E-state index contributed by atoms with van der Waals surface area (Å²) in [5.74, 6) is 0.401. The molecule has 1 heterocycles. The molecule has 0 unspecified atom stereocenters. The van der Waals surface area contributed by atoms with E-state index in [1.54, 1.807) is 6.20 Å². The first-order valence-corrected chi connectivity index (χ1v) is 5.92. The highest BCUT2D eigenvalue weighted by molar-refractivity contribution is 5.92. The van der Waals surface area contributed by atoms with Gasteiger partial charge in [-0.15, -0.1) is 0 Å². The van der Waals surface area contributed by atoms with E-state index < -0.39 is 0 Å². The molecule has 0 aliphatic heterocycles.